The lowest BCUT2D eigenvalue weighted by atomic mass is 10.0. The molecule has 3 heterocycles. The van der Waals surface area contributed by atoms with Gasteiger partial charge in [-0.3, -0.25) is 9.59 Å². The molecule has 5 rings (SSSR count). The summed E-state index contributed by atoms with van der Waals surface area (Å²) in [5.74, 6) is -0.819. The van der Waals surface area contributed by atoms with Gasteiger partial charge in [0.15, 0.2) is 5.82 Å². The van der Waals surface area contributed by atoms with E-state index in [1.165, 1.54) is 18.5 Å². The molecule has 1 amide bonds. The van der Waals surface area contributed by atoms with Crippen molar-refractivity contribution in [3.63, 3.8) is 0 Å². The molecule has 33 heavy (non-hydrogen) atoms. The van der Waals surface area contributed by atoms with Crippen molar-refractivity contribution in [3.8, 4) is 11.1 Å². The first kappa shape index (κ1) is 21.2. The molecule has 0 radical (unpaired) electrons. The van der Waals surface area contributed by atoms with Gasteiger partial charge in [0, 0.05) is 42.5 Å². The average Bonchev–Trinajstić information content (AvgIpc) is 3.67. The minimum absolute atomic E-state index is 0.0293. The lowest BCUT2D eigenvalue weighted by molar-refractivity contribution is 0.102. The van der Waals surface area contributed by atoms with Crippen LogP contribution in [0, 0.1) is 11.6 Å². The van der Waals surface area contributed by atoms with Gasteiger partial charge < -0.3 is 19.9 Å². The Morgan fingerprint density at radius 1 is 1.12 bits per heavy atom. The topological polar surface area (TPSA) is 100 Å². The molecule has 1 aliphatic heterocycles. The fraction of sp³-hybridized carbons (Fsp3) is 0.304. The predicted octanol–water partition coefficient (Wildman–Crippen LogP) is 3.08. The molecule has 1 saturated heterocycles. The maximum absolute atomic E-state index is 14.7. The van der Waals surface area contributed by atoms with E-state index in [2.05, 4.69) is 20.3 Å². The van der Waals surface area contributed by atoms with Crippen molar-refractivity contribution >= 4 is 17.4 Å². The highest BCUT2D eigenvalue weighted by Crippen LogP contribution is 2.38. The standard InChI is InChI=1S/C23H21F2N5O3/c24-14-3-4-18(25)16(11-14)15-5-6-26-21(30-7-9-33-10-8-30)19(15)28-22(31)17-12-27-20(13-1-2-13)29-23(17)32/h3-6,11-13H,1-2,7-10H2,(H,28,31)(H,27,29,32). The summed E-state index contributed by atoms with van der Waals surface area (Å²) in [6, 6.07) is 4.60. The highest BCUT2D eigenvalue weighted by atomic mass is 19.1. The second-order valence-corrected chi connectivity index (χ2v) is 8.02. The first-order chi connectivity index (χ1) is 16.0. The van der Waals surface area contributed by atoms with Crippen molar-refractivity contribution in [2.45, 2.75) is 18.8 Å². The van der Waals surface area contributed by atoms with E-state index < -0.39 is 23.1 Å². The van der Waals surface area contributed by atoms with E-state index in [4.69, 9.17) is 4.74 Å². The fourth-order valence-electron chi connectivity index (χ4n) is 3.83. The van der Waals surface area contributed by atoms with Crippen molar-refractivity contribution in [2.24, 2.45) is 0 Å². The smallest absolute Gasteiger partial charge is 0.263 e. The minimum Gasteiger partial charge on any atom is -0.378 e. The van der Waals surface area contributed by atoms with E-state index in [0.29, 0.717) is 37.9 Å². The first-order valence-electron chi connectivity index (χ1n) is 10.7. The number of anilines is 2. The molecule has 10 heteroatoms. The van der Waals surface area contributed by atoms with E-state index in [0.717, 1.165) is 31.0 Å². The number of nitrogens with one attached hydrogen (secondary N) is 2. The number of halogens is 2. The number of ether oxygens (including phenoxy) is 1. The zero-order chi connectivity index (χ0) is 22.9. The second-order valence-electron chi connectivity index (χ2n) is 8.02. The van der Waals surface area contributed by atoms with Crippen LogP contribution in [0.2, 0.25) is 0 Å². The molecule has 170 valence electrons. The number of nitrogens with zero attached hydrogens (tertiary/aromatic N) is 3. The SMILES string of the molecule is O=C(Nc1c(-c2cc(F)ccc2F)ccnc1N1CCOCC1)c1cnc(C2CC2)[nH]c1=O. The largest absolute Gasteiger partial charge is 0.378 e. The average molecular weight is 453 g/mol. The Balaban J connectivity index is 1.57. The molecule has 0 unspecified atom stereocenters. The number of H-pyrrole nitrogens is 1. The van der Waals surface area contributed by atoms with E-state index in [-0.39, 0.29) is 28.3 Å². The number of carbonyl (C=O) groups excluding carboxylic acids is 1. The van der Waals surface area contributed by atoms with Crippen molar-refractivity contribution in [1.82, 2.24) is 15.0 Å². The Labute approximate surface area is 187 Å². The van der Waals surface area contributed by atoms with Gasteiger partial charge in [-0.25, -0.2) is 18.7 Å². The summed E-state index contributed by atoms with van der Waals surface area (Å²) in [4.78, 5) is 38.8. The van der Waals surface area contributed by atoms with Crippen LogP contribution >= 0.6 is 0 Å². The monoisotopic (exact) mass is 453 g/mol. The van der Waals surface area contributed by atoms with Gasteiger partial charge in [-0.05, 0) is 37.1 Å². The zero-order valence-electron chi connectivity index (χ0n) is 17.6. The van der Waals surface area contributed by atoms with E-state index in [9.17, 15) is 18.4 Å². The number of rotatable bonds is 5. The van der Waals surface area contributed by atoms with Gasteiger partial charge in [-0.2, -0.15) is 0 Å². The van der Waals surface area contributed by atoms with Gasteiger partial charge in [0.05, 0.1) is 18.9 Å². The molecule has 2 aliphatic rings. The van der Waals surface area contributed by atoms with Crippen molar-refractivity contribution in [1.29, 1.82) is 0 Å². The molecule has 8 nitrogen and oxygen atoms in total. The lowest BCUT2D eigenvalue weighted by Crippen LogP contribution is -2.37. The third kappa shape index (κ3) is 4.34. The van der Waals surface area contributed by atoms with Gasteiger partial charge in [-0.15, -0.1) is 0 Å². The third-order valence-electron chi connectivity index (χ3n) is 5.73. The quantitative estimate of drug-likeness (QED) is 0.616. The highest BCUT2D eigenvalue weighted by Gasteiger charge is 2.28. The summed E-state index contributed by atoms with van der Waals surface area (Å²) in [6.45, 7) is 1.92. The van der Waals surface area contributed by atoms with Crippen LogP contribution in [-0.2, 0) is 4.74 Å². The van der Waals surface area contributed by atoms with Crippen molar-refractivity contribution < 1.29 is 18.3 Å². The van der Waals surface area contributed by atoms with E-state index in [1.807, 2.05) is 4.90 Å². The Morgan fingerprint density at radius 2 is 1.91 bits per heavy atom. The number of hydrogen-bond acceptors (Lipinski definition) is 6. The molecule has 1 aliphatic carbocycles. The number of hydrogen-bond donors (Lipinski definition) is 2. The number of carbonyl (C=O) groups is 1. The van der Waals surface area contributed by atoms with Crippen LogP contribution in [0.4, 0.5) is 20.3 Å². The molecule has 0 atom stereocenters. The number of aromatic amines is 1. The van der Waals surface area contributed by atoms with Crippen LogP contribution in [0.25, 0.3) is 11.1 Å². The Bertz CT molecular complexity index is 1270. The van der Waals surface area contributed by atoms with Crippen LogP contribution in [0.15, 0.2) is 41.5 Å². The molecule has 3 aromatic rings. The van der Waals surface area contributed by atoms with Gasteiger partial charge in [0.1, 0.15) is 23.0 Å². The maximum Gasteiger partial charge on any atom is 0.263 e. The molecular formula is C23H21F2N5O3. The molecule has 1 saturated carbocycles. The molecule has 2 N–H and O–H groups in total. The normalized spacial score (nSPS) is 16.0. The third-order valence-corrected chi connectivity index (χ3v) is 5.73. The number of amides is 1. The van der Waals surface area contributed by atoms with E-state index >= 15 is 0 Å². The van der Waals surface area contributed by atoms with Gasteiger partial charge in [0.25, 0.3) is 11.5 Å². The number of benzene rings is 1. The summed E-state index contributed by atoms with van der Waals surface area (Å²) < 4.78 is 34.0. The summed E-state index contributed by atoms with van der Waals surface area (Å²) >= 11 is 0. The highest BCUT2D eigenvalue weighted by molar-refractivity contribution is 6.08. The van der Waals surface area contributed by atoms with Crippen molar-refractivity contribution in [2.75, 3.05) is 36.5 Å². The molecule has 2 aromatic heterocycles. The first-order valence-corrected chi connectivity index (χ1v) is 10.7. The number of morpholine rings is 1. The van der Waals surface area contributed by atoms with Crippen LogP contribution in [-0.4, -0.2) is 47.2 Å². The summed E-state index contributed by atoms with van der Waals surface area (Å²) in [6.07, 6.45) is 4.62. The van der Waals surface area contributed by atoms with Crippen molar-refractivity contribution in [3.05, 3.63) is 70.0 Å². The van der Waals surface area contributed by atoms with E-state index in [1.54, 1.807) is 0 Å². The summed E-state index contributed by atoms with van der Waals surface area (Å²) in [5.41, 5.74) is -0.338. The zero-order valence-corrected chi connectivity index (χ0v) is 17.6. The van der Waals surface area contributed by atoms with Gasteiger partial charge in [0.2, 0.25) is 0 Å². The maximum atomic E-state index is 14.7. The van der Waals surface area contributed by atoms with Crippen LogP contribution in [0.3, 0.4) is 0 Å². The fourth-order valence-corrected chi connectivity index (χ4v) is 3.83. The Kier molecular flexibility index (Phi) is 5.59. The lowest BCUT2D eigenvalue weighted by Gasteiger charge is -2.30. The number of aromatic nitrogens is 3. The summed E-state index contributed by atoms with van der Waals surface area (Å²) in [5, 5.41) is 2.71. The molecule has 0 spiro atoms. The van der Waals surface area contributed by atoms with Gasteiger partial charge >= 0.3 is 0 Å². The second kappa shape index (κ2) is 8.70. The molecule has 2 fully saturated rings. The Hall–Kier alpha value is -3.66. The molecular weight excluding hydrogens is 432 g/mol. The Morgan fingerprint density at radius 3 is 2.64 bits per heavy atom. The van der Waals surface area contributed by atoms with Crippen LogP contribution < -0.4 is 15.8 Å². The molecule has 0 bridgehead atoms. The van der Waals surface area contributed by atoms with Gasteiger partial charge in [-0.1, -0.05) is 0 Å². The predicted molar refractivity (Wildman–Crippen MR) is 117 cm³/mol. The number of pyridine rings is 1. The minimum atomic E-state index is -0.716. The summed E-state index contributed by atoms with van der Waals surface area (Å²) in [7, 11) is 0. The van der Waals surface area contributed by atoms with Crippen LogP contribution in [0.1, 0.15) is 34.9 Å². The van der Waals surface area contributed by atoms with Crippen LogP contribution in [0.5, 0.6) is 0 Å². The molecule has 1 aromatic carbocycles.